The predicted octanol–water partition coefficient (Wildman–Crippen LogP) is 4.83. The number of carbonyl (C=O) groups is 2. The Labute approximate surface area is 327 Å². The van der Waals surface area contributed by atoms with E-state index in [1.807, 2.05) is 41.5 Å². The van der Waals surface area contributed by atoms with E-state index in [0.29, 0.717) is 43.2 Å². The number of nitrogens with zero attached hydrogens (tertiary/aromatic N) is 1. The lowest BCUT2D eigenvalue weighted by atomic mass is 9.79. The zero-order chi connectivity index (χ0) is 41.0. The van der Waals surface area contributed by atoms with Gasteiger partial charge in [-0.2, -0.15) is 0 Å². The second-order valence-corrected chi connectivity index (χ2v) is 19.2. The molecule has 1 amide bonds. The van der Waals surface area contributed by atoms with Gasteiger partial charge in [0.05, 0.1) is 28.7 Å². The van der Waals surface area contributed by atoms with Crippen molar-refractivity contribution in [1.82, 2.24) is 10.0 Å². The lowest BCUT2D eigenvalue weighted by Crippen LogP contribution is -2.39. The van der Waals surface area contributed by atoms with Crippen LogP contribution in [0.3, 0.4) is 0 Å². The second-order valence-electron chi connectivity index (χ2n) is 16.2. The van der Waals surface area contributed by atoms with E-state index >= 15 is 0 Å². The number of carboxylic acids is 1. The van der Waals surface area contributed by atoms with Gasteiger partial charge in [0.1, 0.15) is 19.9 Å². The highest BCUT2D eigenvalue weighted by atomic mass is 32.2. The molecule has 3 aromatic carbocycles. The zero-order valence-electron chi connectivity index (χ0n) is 32.3. The van der Waals surface area contributed by atoms with Gasteiger partial charge < -0.3 is 25.0 Å². The van der Waals surface area contributed by atoms with Gasteiger partial charge >= 0.3 is 5.97 Å². The van der Waals surface area contributed by atoms with Crippen LogP contribution >= 0.6 is 0 Å². The summed E-state index contributed by atoms with van der Waals surface area (Å²) in [5.74, 6) is -0.229. The Balaban J connectivity index is 1.64. The van der Waals surface area contributed by atoms with Gasteiger partial charge in [0.25, 0.3) is 0 Å². The average molecular weight is 804 g/mol. The molecule has 0 bridgehead atoms. The Hall–Kier alpha value is -4.75. The van der Waals surface area contributed by atoms with E-state index in [1.54, 1.807) is 30.3 Å². The Morgan fingerprint density at radius 2 is 1.68 bits per heavy atom. The van der Waals surface area contributed by atoms with Crippen LogP contribution in [0.5, 0.6) is 11.5 Å². The summed E-state index contributed by atoms with van der Waals surface area (Å²) in [6.45, 7) is 11.5. The van der Waals surface area contributed by atoms with E-state index in [-0.39, 0.29) is 86.4 Å². The molecule has 13 nitrogen and oxygen atoms in total. The minimum Gasteiger partial charge on any atom is -0.744 e. The van der Waals surface area contributed by atoms with Gasteiger partial charge in [-0.1, -0.05) is 44.4 Å². The monoisotopic (exact) mass is 803 g/mol. The topological polar surface area (TPSA) is 203 Å². The van der Waals surface area contributed by atoms with Crippen LogP contribution in [0, 0.1) is 12.3 Å². The van der Waals surface area contributed by atoms with E-state index in [2.05, 4.69) is 21.3 Å². The van der Waals surface area contributed by atoms with Crippen molar-refractivity contribution < 1.29 is 40.8 Å². The maximum absolute atomic E-state index is 14.7. The fourth-order valence-corrected chi connectivity index (χ4v) is 10.6. The normalized spacial score (nSPS) is 19.1. The molecular weight excluding hydrogens is 757 g/mol. The molecule has 6 rings (SSSR count). The van der Waals surface area contributed by atoms with Crippen molar-refractivity contribution >= 4 is 43.3 Å². The number of aromatic carboxylic acids is 1. The van der Waals surface area contributed by atoms with Crippen molar-refractivity contribution in [2.24, 2.45) is 4.99 Å². The summed E-state index contributed by atoms with van der Waals surface area (Å²) in [5, 5.41) is 16.5. The SMILES string of the molecule is C#CCNC(=O)CCCCCNS(=O)(=O)c1c2c(cc3c1Oc1c(S(=O)(=O)[O-])c4c(cc1=C3c1ccccc1C(=O)O)C(C)CC(C)(C)N=4)C(C)CC(C)(C)N2. The van der Waals surface area contributed by atoms with Crippen LogP contribution in [0.15, 0.2) is 51.2 Å². The number of sulfonamides is 1. The first kappa shape index (κ1) is 40.9. The Morgan fingerprint density at radius 1 is 0.982 bits per heavy atom. The van der Waals surface area contributed by atoms with Crippen molar-refractivity contribution in [2.45, 2.75) is 113 Å². The molecule has 298 valence electrons. The molecule has 0 aromatic heterocycles. The zero-order valence-corrected chi connectivity index (χ0v) is 34.0. The lowest BCUT2D eigenvalue weighted by Gasteiger charge is -2.40. The van der Waals surface area contributed by atoms with E-state index < -0.39 is 47.8 Å². The smallest absolute Gasteiger partial charge is 0.336 e. The van der Waals surface area contributed by atoms with Crippen molar-refractivity contribution in [3.8, 4) is 23.8 Å². The van der Waals surface area contributed by atoms with E-state index in [0.717, 1.165) is 0 Å². The van der Waals surface area contributed by atoms with Crippen LogP contribution in [0.25, 0.3) is 5.57 Å². The van der Waals surface area contributed by atoms with Gasteiger partial charge in [0.2, 0.25) is 15.9 Å². The Bertz CT molecular complexity index is 2540. The third kappa shape index (κ3) is 7.93. The molecule has 3 aliphatic heterocycles. The van der Waals surface area contributed by atoms with E-state index in [1.165, 1.54) is 6.07 Å². The van der Waals surface area contributed by atoms with Gasteiger partial charge in [-0.25, -0.2) is 26.4 Å². The van der Waals surface area contributed by atoms with Crippen molar-refractivity contribution in [3.05, 3.63) is 74.8 Å². The summed E-state index contributed by atoms with van der Waals surface area (Å²) in [5.41, 5.74) is 0.543. The number of rotatable bonds is 12. The molecule has 0 aliphatic carbocycles. The summed E-state index contributed by atoms with van der Waals surface area (Å²) in [6, 6.07) is 9.65. The average Bonchev–Trinajstić information content (AvgIpc) is 3.08. The van der Waals surface area contributed by atoms with Gasteiger partial charge in [-0.15, -0.1) is 6.42 Å². The minimum atomic E-state index is -5.34. The van der Waals surface area contributed by atoms with Gasteiger partial charge in [-0.3, -0.25) is 9.79 Å². The third-order valence-corrected chi connectivity index (χ3v) is 12.9. The molecule has 2 unspecified atom stereocenters. The fraction of sp³-hybridized carbons (Fsp3) is 0.439. The molecule has 0 saturated heterocycles. The number of hydrogen-bond donors (Lipinski definition) is 4. The molecule has 4 N–H and O–H groups in total. The minimum absolute atomic E-state index is 0.000248. The molecule has 56 heavy (non-hydrogen) atoms. The standard InChI is InChI=1S/C41H48N4O9S2/c1-8-17-42-31(46)16-10-9-13-18-43-55(49,50)37-33-27(23(2)21-40(4,5)44-33)19-29-32(25-14-11-12-15-26(25)39(47)48)30-20-28-24(3)22-41(6,7)45-34(28)38(56(51,52)53)36(30)54-35(29)37/h1,11-12,14-15,19-20,23-24,43-44H,9-10,13,16-18,21-22H2,2-7H3,(H,42,46)(H,47,48)(H,51,52,53)/p-1. The maximum Gasteiger partial charge on any atom is 0.336 e. The highest BCUT2D eigenvalue weighted by Gasteiger charge is 2.41. The number of terminal acetylenes is 1. The first-order valence-electron chi connectivity index (χ1n) is 18.6. The molecule has 3 aliphatic rings. The van der Waals surface area contributed by atoms with Gasteiger partial charge in [0.15, 0.2) is 11.5 Å². The lowest BCUT2D eigenvalue weighted by molar-refractivity contribution is -0.120. The number of benzene rings is 3. The number of hydrogen-bond acceptors (Lipinski definition) is 10. The number of nitrogens with one attached hydrogen (secondary N) is 3. The summed E-state index contributed by atoms with van der Waals surface area (Å²) in [7, 11) is -9.82. The number of ether oxygens (including phenoxy) is 1. The fourth-order valence-electron chi connectivity index (χ4n) is 8.38. The molecule has 0 saturated carbocycles. The number of fused-ring (bicyclic) bond motifs is 4. The number of unbranched alkanes of at least 4 members (excludes halogenated alkanes) is 2. The first-order valence-corrected chi connectivity index (χ1v) is 21.5. The molecule has 15 heteroatoms. The predicted molar refractivity (Wildman–Crippen MR) is 210 cm³/mol. The molecule has 3 aromatic rings. The largest absolute Gasteiger partial charge is 0.744 e. The summed E-state index contributed by atoms with van der Waals surface area (Å²) in [4.78, 5) is 28.5. The first-order chi connectivity index (χ1) is 26.2. The highest BCUT2D eigenvalue weighted by Crippen LogP contribution is 2.52. The molecule has 3 heterocycles. The molecule has 0 fully saturated rings. The van der Waals surface area contributed by atoms with Crippen LogP contribution < -0.4 is 30.7 Å². The van der Waals surface area contributed by atoms with Crippen LogP contribution in [0.2, 0.25) is 0 Å². The summed E-state index contributed by atoms with van der Waals surface area (Å²) < 4.78 is 78.9. The van der Waals surface area contributed by atoms with Crippen LogP contribution in [0.1, 0.15) is 125 Å². The number of carbonyl (C=O) groups excluding carboxylic acids is 1. The number of carboxylic acid groups (broad SMARTS) is 1. The van der Waals surface area contributed by atoms with Gasteiger partial charge in [-0.05, 0) is 100 Å². The molecule has 2 atom stereocenters. The maximum atomic E-state index is 14.7. The van der Waals surface area contributed by atoms with Crippen LogP contribution in [-0.4, -0.2) is 62.5 Å². The van der Waals surface area contributed by atoms with Crippen molar-refractivity contribution in [3.63, 3.8) is 0 Å². The van der Waals surface area contributed by atoms with Crippen molar-refractivity contribution in [2.75, 3.05) is 18.4 Å². The van der Waals surface area contributed by atoms with Crippen LogP contribution in [-0.2, 0) is 24.9 Å². The highest BCUT2D eigenvalue weighted by molar-refractivity contribution is 7.89. The Kier molecular flexibility index (Phi) is 10.9. The summed E-state index contributed by atoms with van der Waals surface area (Å²) in [6.07, 6.45) is 8.01. The third-order valence-electron chi connectivity index (χ3n) is 10.5. The van der Waals surface area contributed by atoms with Gasteiger partial charge in [0, 0.05) is 34.9 Å². The van der Waals surface area contributed by atoms with Crippen molar-refractivity contribution in [1.29, 1.82) is 0 Å². The number of anilines is 1. The van der Waals surface area contributed by atoms with E-state index in [4.69, 9.17) is 16.2 Å². The Morgan fingerprint density at radius 3 is 2.36 bits per heavy atom. The molecule has 0 spiro atoms. The summed E-state index contributed by atoms with van der Waals surface area (Å²) >= 11 is 0. The number of amides is 1. The quantitative estimate of drug-likeness (QED) is 0.0873. The molecule has 0 radical (unpaired) electrons. The second kappa shape index (κ2) is 15.0. The molecular formula is C41H47N4O9S2-. The van der Waals surface area contributed by atoms with E-state index in [9.17, 15) is 36.1 Å². The van der Waals surface area contributed by atoms with Crippen LogP contribution in [0.4, 0.5) is 5.69 Å².